The van der Waals surface area contributed by atoms with Crippen molar-refractivity contribution in [3.05, 3.63) is 0 Å². The van der Waals surface area contributed by atoms with Crippen molar-refractivity contribution in [2.45, 2.75) is 45.6 Å². The highest BCUT2D eigenvalue weighted by molar-refractivity contribution is 7.90. The van der Waals surface area contributed by atoms with E-state index < -0.39 is 66.7 Å². The number of carbonyl (C=O) groups excluding carboxylic acids is 2. The van der Waals surface area contributed by atoms with E-state index in [1.807, 2.05) is 13.8 Å². The molecular weight excluding hydrogens is 436 g/mol. The van der Waals surface area contributed by atoms with Crippen LogP contribution < -0.4 is 4.72 Å². The van der Waals surface area contributed by atoms with Crippen molar-refractivity contribution in [1.82, 2.24) is 9.62 Å². The van der Waals surface area contributed by atoms with Gasteiger partial charge in [0.1, 0.15) is 28.2 Å². The molecule has 2 saturated carbocycles. The maximum atomic E-state index is 13.0. The Morgan fingerprint density at radius 2 is 1.87 bits per heavy atom. The zero-order chi connectivity index (χ0) is 23.1. The normalized spacial score (nSPS) is 26.5. The number of sulfonamides is 1. The molecule has 2 aliphatic carbocycles. The fourth-order valence-corrected chi connectivity index (χ4v) is 7.53. The summed E-state index contributed by atoms with van der Waals surface area (Å²) in [6.07, 6.45) is 2.16. The molecule has 3 atom stereocenters. The third-order valence-electron chi connectivity index (χ3n) is 6.72. The summed E-state index contributed by atoms with van der Waals surface area (Å²) in [7, 11) is -6.44. The highest BCUT2D eigenvalue weighted by atomic mass is 32.2. The summed E-state index contributed by atoms with van der Waals surface area (Å²) >= 11 is 0. The Bertz CT molecular complexity index is 941. The molecule has 30 heavy (non-hydrogen) atoms. The number of nitrogens with zero attached hydrogens (tertiary/aromatic N) is 1. The van der Waals surface area contributed by atoms with Gasteiger partial charge in [0.2, 0.25) is 15.9 Å². The molecule has 2 aliphatic rings. The van der Waals surface area contributed by atoms with Gasteiger partial charge in [0.25, 0.3) is 0 Å². The average Bonchev–Trinajstić information content (AvgIpc) is 2.90. The van der Waals surface area contributed by atoms with Gasteiger partial charge < -0.3 is 10.0 Å². The van der Waals surface area contributed by atoms with Crippen LogP contribution in [0.4, 0.5) is 0 Å². The number of likely N-dealkylation sites (N-methyl/N-ethyl adjacent to an activating group) is 1. The van der Waals surface area contributed by atoms with E-state index in [-0.39, 0.29) is 18.1 Å². The van der Waals surface area contributed by atoms with Crippen molar-refractivity contribution < 1.29 is 36.3 Å². The van der Waals surface area contributed by atoms with Crippen LogP contribution in [0.5, 0.6) is 0 Å². The molecule has 2 rings (SSSR count). The number of carboxylic acid groups (broad SMARTS) is 1. The van der Waals surface area contributed by atoms with Gasteiger partial charge in [-0.3, -0.25) is 14.4 Å². The molecule has 2 fully saturated rings. The molecule has 0 radical (unpaired) electrons. The lowest BCUT2D eigenvalue weighted by molar-refractivity contribution is -0.144. The minimum absolute atomic E-state index is 0.101. The maximum absolute atomic E-state index is 13.0. The minimum atomic E-state index is -4.15. The van der Waals surface area contributed by atoms with Gasteiger partial charge in [-0.25, -0.2) is 21.6 Å². The fourth-order valence-electron chi connectivity index (χ4n) is 4.80. The Labute approximate surface area is 177 Å². The van der Waals surface area contributed by atoms with Gasteiger partial charge in [-0.15, -0.1) is 0 Å². The van der Waals surface area contributed by atoms with Crippen LogP contribution in [0.25, 0.3) is 0 Å². The number of hydrogen-bond donors (Lipinski definition) is 2. The minimum Gasteiger partial charge on any atom is -0.480 e. The molecule has 3 unspecified atom stereocenters. The third kappa shape index (κ3) is 5.02. The summed E-state index contributed by atoms with van der Waals surface area (Å²) in [5.74, 6) is -3.05. The van der Waals surface area contributed by atoms with E-state index >= 15 is 0 Å². The molecule has 0 heterocycles. The van der Waals surface area contributed by atoms with Crippen LogP contribution in [0.3, 0.4) is 0 Å². The third-order valence-corrected chi connectivity index (χ3v) is 9.22. The second kappa shape index (κ2) is 8.19. The Balaban J connectivity index is 2.25. The SMILES string of the molecule is CN(CC(=O)O)C(=O)C(CCS(C)(=O)=O)NS(=O)(=O)CC12CCC(CC1=O)C2(C)C. The van der Waals surface area contributed by atoms with E-state index in [9.17, 15) is 31.2 Å². The van der Waals surface area contributed by atoms with Crippen LogP contribution >= 0.6 is 0 Å². The van der Waals surface area contributed by atoms with Gasteiger partial charge in [-0.1, -0.05) is 13.8 Å². The number of sulfone groups is 1. The highest BCUT2D eigenvalue weighted by Crippen LogP contribution is 2.64. The first kappa shape index (κ1) is 24.7. The van der Waals surface area contributed by atoms with Crippen LogP contribution in [0.15, 0.2) is 0 Å². The molecule has 0 spiro atoms. The number of Topliss-reactive ketones (excluding diaryl/α,β-unsaturated/α-hetero) is 1. The van der Waals surface area contributed by atoms with Crippen molar-refractivity contribution in [2.24, 2.45) is 16.7 Å². The Morgan fingerprint density at radius 3 is 2.30 bits per heavy atom. The van der Waals surface area contributed by atoms with Crippen molar-refractivity contribution in [3.63, 3.8) is 0 Å². The maximum Gasteiger partial charge on any atom is 0.323 e. The number of ketones is 1. The van der Waals surface area contributed by atoms with Crippen LogP contribution in [-0.2, 0) is 34.2 Å². The second-order valence-electron chi connectivity index (χ2n) is 9.10. The van der Waals surface area contributed by atoms with Gasteiger partial charge in [0.15, 0.2) is 0 Å². The molecule has 2 N–H and O–H groups in total. The van der Waals surface area contributed by atoms with Crippen molar-refractivity contribution >= 4 is 37.5 Å². The average molecular weight is 467 g/mol. The van der Waals surface area contributed by atoms with E-state index in [0.717, 1.165) is 17.6 Å². The van der Waals surface area contributed by atoms with Gasteiger partial charge in [-0.05, 0) is 30.6 Å². The summed E-state index contributed by atoms with van der Waals surface area (Å²) in [6, 6.07) is -1.44. The number of hydrogen-bond acceptors (Lipinski definition) is 7. The van der Waals surface area contributed by atoms with Crippen molar-refractivity contribution in [1.29, 1.82) is 0 Å². The van der Waals surface area contributed by atoms with Crippen LogP contribution in [0.1, 0.15) is 39.5 Å². The van der Waals surface area contributed by atoms with Crippen LogP contribution in [0.2, 0.25) is 0 Å². The topological polar surface area (TPSA) is 155 Å². The molecule has 0 aliphatic heterocycles. The summed E-state index contributed by atoms with van der Waals surface area (Å²) < 4.78 is 51.3. The smallest absolute Gasteiger partial charge is 0.323 e. The van der Waals surface area contributed by atoms with E-state index in [1.165, 1.54) is 7.05 Å². The lowest BCUT2D eigenvalue weighted by Gasteiger charge is -2.36. The quantitative estimate of drug-likeness (QED) is 0.442. The number of nitrogens with one attached hydrogen (secondary N) is 1. The van der Waals surface area contributed by atoms with Gasteiger partial charge in [0.05, 0.1) is 11.5 Å². The first-order valence-corrected chi connectivity index (χ1v) is 13.4. The number of carbonyl (C=O) groups is 3. The fraction of sp³-hybridized carbons (Fsp3) is 0.833. The molecule has 10 nitrogen and oxygen atoms in total. The van der Waals surface area contributed by atoms with E-state index in [0.29, 0.717) is 12.8 Å². The molecule has 2 bridgehead atoms. The van der Waals surface area contributed by atoms with Crippen molar-refractivity contribution in [2.75, 3.05) is 31.4 Å². The molecule has 172 valence electrons. The summed E-state index contributed by atoms with van der Waals surface area (Å²) in [5, 5.41) is 8.89. The number of rotatable bonds is 10. The largest absolute Gasteiger partial charge is 0.480 e. The van der Waals surface area contributed by atoms with Crippen molar-refractivity contribution in [3.8, 4) is 0 Å². The zero-order valence-corrected chi connectivity index (χ0v) is 19.3. The molecule has 12 heteroatoms. The predicted molar refractivity (Wildman–Crippen MR) is 109 cm³/mol. The monoisotopic (exact) mass is 466 g/mol. The van der Waals surface area contributed by atoms with E-state index in [2.05, 4.69) is 4.72 Å². The summed E-state index contributed by atoms with van der Waals surface area (Å²) in [6.45, 7) is 3.11. The molecule has 0 aromatic carbocycles. The van der Waals surface area contributed by atoms with Gasteiger partial charge >= 0.3 is 5.97 Å². The Kier molecular flexibility index (Phi) is 6.76. The molecular formula is C18H30N2O8S2. The highest BCUT2D eigenvalue weighted by Gasteiger charge is 2.65. The summed E-state index contributed by atoms with van der Waals surface area (Å²) in [4.78, 5) is 37.0. The number of fused-ring (bicyclic) bond motifs is 2. The standard InChI is InChI=1S/C18H30N2O8S2/c1-17(2)12-5-7-18(17,14(21)9-12)11-30(27,28)19-13(6-8-29(4,25)26)16(24)20(3)10-15(22)23/h12-13,19H,5-11H2,1-4H3,(H,22,23). The van der Waals surface area contributed by atoms with Gasteiger partial charge in [-0.2, -0.15) is 0 Å². The van der Waals surface area contributed by atoms with Gasteiger partial charge in [0, 0.05) is 25.1 Å². The van der Waals surface area contributed by atoms with E-state index in [4.69, 9.17) is 5.11 Å². The van der Waals surface area contributed by atoms with E-state index in [1.54, 1.807) is 0 Å². The number of amides is 1. The molecule has 0 aromatic rings. The Morgan fingerprint density at radius 1 is 1.27 bits per heavy atom. The molecule has 1 amide bonds. The molecule has 0 saturated heterocycles. The first-order chi connectivity index (χ1) is 13.5. The Hall–Kier alpha value is -1.53. The van der Waals surface area contributed by atoms with Crippen LogP contribution in [-0.4, -0.2) is 81.9 Å². The summed E-state index contributed by atoms with van der Waals surface area (Å²) in [5.41, 5.74) is -1.54. The number of carboxylic acids is 1. The number of aliphatic carboxylic acids is 1. The zero-order valence-electron chi connectivity index (χ0n) is 17.7. The molecule has 0 aromatic heterocycles. The van der Waals surface area contributed by atoms with Crippen LogP contribution in [0, 0.1) is 16.7 Å². The lowest BCUT2D eigenvalue weighted by atomic mass is 9.70. The second-order valence-corrected chi connectivity index (χ2v) is 13.1. The predicted octanol–water partition coefficient (Wildman–Crippen LogP) is -0.352. The first-order valence-electron chi connectivity index (χ1n) is 9.68. The lowest BCUT2D eigenvalue weighted by Crippen LogP contribution is -2.52.